The van der Waals surface area contributed by atoms with E-state index in [0.717, 1.165) is 25.2 Å². The smallest absolute Gasteiger partial charge is 0.224 e. The first-order valence-corrected chi connectivity index (χ1v) is 7.13. The molecule has 0 unspecified atom stereocenters. The molecule has 2 atom stereocenters. The summed E-state index contributed by atoms with van der Waals surface area (Å²) in [6.45, 7) is 6.37. The lowest BCUT2D eigenvalue weighted by Gasteiger charge is -2.16. The van der Waals surface area contributed by atoms with Crippen LogP contribution in [0.5, 0.6) is 0 Å². The van der Waals surface area contributed by atoms with Crippen LogP contribution in [-0.4, -0.2) is 39.5 Å². The van der Waals surface area contributed by atoms with Gasteiger partial charge in [-0.2, -0.15) is 0 Å². The Morgan fingerprint density at radius 1 is 1.53 bits per heavy atom. The van der Waals surface area contributed by atoms with Gasteiger partial charge in [0.05, 0.1) is 0 Å². The molecule has 0 radical (unpaired) electrons. The maximum absolute atomic E-state index is 12.2. The molecule has 1 aliphatic heterocycles. The minimum atomic E-state index is 0.152. The molecular weight excluding hydrogens is 240 g/mol. The first-order valence-electron chi connectivity index (χ1n) is 7.13. The van der Waals surface area contributed by atoms with Gasteiger partial charge >= 0.3 is 0 Å². The summed E-state index contributed by atoms with van der Waals surface area (Å²) in [5.74, 6) is 1.64. The summed E-state index contributed by atoms with van der Waals surface area (Å²) in [7, 11) is 0. The molecule has 0 spiro atoms. The van der Waals surface area contributed by atoms with E-state index in [2.05, 4.69) is 11.9 Å². The van der Waals surface area contributed by atoms with Crippen LogP contribution in [0.1, 0.15) is 32.0 Å². The van der Waals surface area contributed by atoms with Crippen molar-refractivity contribution in [2.45, 2.75) is 45.7 Å². The Bertz CT molecular complexity index is 429. The molecule has 1 fully saturated rings. The zero-order valence-electron chi connectivity index (χ0n) is 11.9. The highest BCUT2D eigenvalue weighted by atomic mass is 16.2. The molecule has 1 saturated heterocycles. The highest BCUT2D eigenvalue weighted by Crippen LogP contribution is 2.20. The second-order valence-electron chi connectivity index (χ2n) is 5.43. The largest absolute Gasteiger partial charge is 0.341 e. The SMILES string of the molecule is CCC[C@H]1CN(C(=O)CCn2ccnc2C)C[C@@H]1N. The van der Waals surface area contributed by atoms with Gasteiger partial charge in [0.1, 0.15) is 5.82 Å². The fraction of sp³-hybridized carbons (Fsp3) is 0.714. The van der Waals surface area contributed by atoms with E-state index in [1.165, 1.54) is 0 Å². The van der Waals surface area contributed by atoms with Crippen LogP contribution in [0.2, 0.25) is 0 Å². The zero-order chi connectivity index (χ0) is 13.8. The van der Waals surface area contributed by atoms with Crippen LogP contribution in [0.4, 0.5) is 0 Å². The summed E-state index contributed by atoms with van der Waals surface area (Å²) in [6, 6.07) is 0.152. The number of nitrogens with two attached hydrogens (primary N) is 1. The number of imidazole rings is 1. The van der Waals surface area contributed by atoms with Gasteiger partial charge < -0.3 is 15.2 Å². The van der Waals surface area contributed by atoms with Gasteiger partial charge in [0.2, 0.25) is 5.91 Å². The number of aromatic nitrogens is 2. The van der Waals surface area contributed by atoms with E-state index in [4.69, 9.17) is 5.73 Å². The van der Waals surface area contributed by atoms with Crippen molar-refractivity contribution in [3.8, 4) is 0 Å². The van der Waals surface area contributed by atoms with Crippen LogP contribution >= 0.6 is 0 Å². The van der Waals surface area contributed by atoms with Crippen molar-refractivity contribution in [1.82, 2.24) is 14.5 Å². The van der Waals surface area contributed by atoms with Crippen molar-refractivity contribution in [3.63, 3.8) is 0 Å². The monoisotopic (exact) mass is 264 g/mol. The third-order valence-electron chi connectivity index (χ3n) is 3.99. The summed E-state index contributed by atoms with van der Waals surface area (Å²) in [4.78, 5) is 18.3. The number of nitrogens with zero attached hydrogens (tertiary/aromatic N) is 3. The average molecular weight is 264 g/mol. The van der Waals surface area contributed by atoms with E-state index >= 15 is 0 Å². The molecule has 2 heterocycles. The molecule has 0 aliphatic carbocycles. The summed E-state index contributed by atoms with van der Waals surface area (Å²) in [6.07, 6.45) is 6.46. The van der Waals surface area contributed by atoms with Crippen LogP contribution in [0, 0.1) is 12.8 Å². The molecule has 2 N–H and O–H groups in total. The number of aryl methyl sites for hydroxylation is 2. The lowest BCUT2D eigenvalue weighted by Crippen LogP contribution is -2.32. The Morgan fingerprint density at radius 2 is 2.32 bits per heavy atom. The van der Waals surface area contributed by atoms with E-state index < -0.39 is 0 Å². The van der Waals surface area contributed by atoms with Crippen LogP contribution in [0.15, 0.2) is 12.4 Å². The van der Waals surface area contributed by atoms with Crippen molar-refractivity contribution in [3.05, 3.63) is 18.2 Å². The first-order chi connectivity index (χ1) is 9.11. The van der Waals surface area contributed by atoms with Gasteiger partial charge in [0.25, 0.3) is 0 Å². The topological polar surface area (TPSA) is 64.2 Å². The molecule has 2 rings (SSSR count). The predicted octanol–water partition coefficient (Wildman–Crippen LogP) is 1.17. The van der Waals surface area contributed by atoms with Crippen LogP contribution in [0.3, 0.4) is 0 Å². The maximum Gasteiger partial charge on any atom is 0.224 e. The normalized spacial score (nSPS) is 23.0. The quantitative estimate of drug-likeness (QED) is 0.868. The van der Waals surface area contributed by atoms with Crippen molar-refractivity contribution < 1.29 is 4.79 Å². The highest BCUT2D eigenvalue weighted by molar-refractivity contribution is 5.76. The zero-order valence-corrected chi connectivity index (χ0v) is 11.9. The number of likely N-dealkylation sites (tertiary alicyclic amines) is 1. The van der Waals surface area contributed by atoms with E-state index in [-0.39, 0.29) is 11.9 Å². The van der Waals surface area contributed by atoms with E-state index in [9.17, 15) is 4.79 Å². The Balaban J connectivity index is 1.83. The van der Waals surface area contributed by atoms with Crippen LogP contribution in [0.25, 0.3) is 0 Å². The Labute approximate surface area is 114 Å². The minimum Gasteiger partial charge on any atom is -0.341 e. The highest BCUT2D eigenvalue weighted by Gasteiger charge is 2.31. The number of rotatable bonds is 5. The van der Waals surface area contributed by atoms with Gasteiger partial charge in [-0.25, -0.2) is 4.98 Å². The lowest BCUT2D eigenvalue weighted by atomic mass is 9.99. The Kier molecular flexibility index (Phi) is 4.58. The molecule has 1 amide bonds. The molecule has 5 heteroatoms. The van der Waals surface area contributed by atoms with Gasteiger partial charge in [-0.15, -0.1) is 0 Å². The third kappa shape index (κ3) is 3.35. The third-order valence-corrected chi connectivity index (χ3v) is 3.99. The molecule has 1 aromatic heterocycles. The van der Waals surface area contributed by atoms with E-state index in [0.29, 0.717) is 25.4 Å². The van der Waals surface area contributed by atoms with Gasteiger partial charge in [-0.05, 0) is 19.3 Å². The number of amides is 1. The van der Waals surface area contributed by atoms with Gasteiger partial charge in [0, 0.05) is 44.5 Å². The van der Waals surface area contributed by atoms with E-state index in [1.807, 2.05) is 22.6 Å². The summed E-state index contributed by atoms with van der Waals surface area (Å²) >= 11 is 0. The molecule has 19 heavy (non-hydrogen) atoms. The summed E-state index contributed by atoms with van der Waals surface area (Å²) in [5.41, 5.74) is 6.10. The fourth-order valence-electron chi connectivity index (χ4n) is 2.79. The Hall–Kier alpha value is -1.36. The first kappa shape index (κ1) is 14.1. The van der Waals surface area contributed by atoms with Crippen molar-refractivity contribution in [1.29, 1.82) is 0 Å². The molecule has 5 nitrogen and oxygen atoms in total. The molecular formula is C14H24N4O. The number of carbonyl (C=O) groups is 1. The molecule has 1 aliphatic rings. The van der Waals surface area contributed by atoms with Crippen molar-refractivity contribution >= 4 is 5.91 Å². The van der Waals surface area contributed by atoms with Crippen LogP contribution in [-0.2, 0) is 11.3 Å². The van der Waals surface area contributed by atoms with Gasteiger partial charge in [-0.1, -0.05) is 13.3 Å². The predicted molar refractivity (Wildman–Crippen MR) is 74.5 cm³/mol. The molecule has 106 valence electrons. The molecule has 0 saturated carbocycles. The second-order valence-corrected chi connectivity index (χ2v) is 5.43. The van der Waals surface area contributed by atoms with Crippen molar-refractivity contribution in [2.24, 2.45) is 11.7 Å². The Morgan fingerprint density at radius 3 is 2.95 bits per heavy atom. The summed E-state index contributed by atoms with van der Waals surface area (Å²) in [5, 5.41) is 0. The molecule has 0 bridgehead atoms. The number of hydrogen-bond acceptors (Lipinski definition) is 3. The summed E-state index contributed by atoms with van der Waals surface area (Å²) < 4.78 is 2.01. The average Bonchev–Trinajstić information content (AvgIpc) is 2.94. The standard InChI is InChI=1S/C14H24N4O/c1-3-4-12-9-18(10-13(12)15)14(19)5-7-17-8-6-16-11(17)2/h6,8,12-13H,3-5,7,9-10,15H2,1-2H3/t12-,13-/m0/s1. The van der Waals surface area contributed by atoms with Gasteiger partial charge in [-0.3, -0.25) is 4.79 Å². The van der Waals surface area contributed by atoms with Crippen molar-refractivity contribution in [2.75, 3.05) is 13.1 Å². The second kappa shape index (κ2) is 6.19. The fourth-order valence-corrected chi connectivity index (χ4v) is 2.79. The number of hydrogen-bond donors (Lipinski definition) is 1. The lowest BCUT2D eigenvalue weighted by molar-refractivity contribution is -0.130. The minimum absolute atomic E-state index is 0.152. The van der Waals surface area contributed by atoms with Gasteiger partial charge in [0.15, 0.2) is 0 Å². The maximum atomic E-state index is 12.2. The van der Waals surface area contributed by atoms with E-state index in [1.54, 1.807) is 6.20 Å². The molecule has 0 aromatic carbocycles. The van der Waals surface area contributed by atoms with Crippen LogP contribution < -0.4 is 5.73 Å². The molecule has 1 aromatic rings. The number of carbonyl (C=O) groups excluding carboxylic acids is 1.